The van der Waals surface area contributed by atoms with Gasteiger partial charge in [0.05, 0.1) is 15.5 Å². The summed E-state index contributed by atoms with van der Waals surface area (Å²) in [7, 11) is 0. The predicted octanol–water partition coefficient (Wildman–Crippen LogP) is 4.76. The van der Waals surface area contributed by atoms with Crippen LogP contribution in [0.2, 0.25) is 5.02 Å². The van der Waals surface area contributed by atoms with Crippen molar-refractivity contribution in [3.63, 3.8) is 0 Å². The fraction of sp³-hybridized carbons (Fsp3) is 0. The van der Waals surface area contributed by atoms with Gasteiger partial charge in [-0.3, -0.25) is 10.1 Å². The Morgan fingerprint density at radius 2 is 1.81 bits per heavy atom. The summed E-state index contributed by atoms with van der Waals surface area (Å²) in [6.07, 6.45) is 3.91. The lowest BCUT2D eigenvalue weighted by atomic mass is 10.2. The van der Waals surface area contributed by atoms with E-state index in [0.717, 1.165) is 11.3 Å². The standard InChI is InChI=1S/C18H11ClN4O3/c19-16-11-14(23(24)25)7-8-15(16)18-20-17(21-26-18)12-3-5-13(6-4-12)22-9-1-2-10-22/h1-11H. The number of non-ortho nitro benzene ring substituents is 1. The largest absolute Gasteiger partial charge is 0.334 e. The molecule has 0 N–H and O–H groups in total. The van der Waals surface area contributed by atoms with Crippen LogP contribution in [0, 0.1) is 10.1 Å². The molecule has 0 spiro atoms. The van der Waals surface area contributed by atoms with E-state index in [0.29, 0.717) is 11.4 Å². The van der Waals surface area contributed by atoms with E-state index in [4.69, 9.17) is 16.1 Å². The molecule has 0 saturated heterocycles. The van der Waals surface area contributed by atoms with Crippen LogP contribution in [0.1, 0.15) is 0 Å². The van der Waals surface area contributed by atoms with Gasteiger partial charge in [0, 0.05) is 35.8 Å². The molecular formula is C18H11ClN4O3. The SMILES string of the molecule is O=[N+]([O-])c1ccc(-c2nc(-c3ccc(-n4cccc4)cc3)no2)c(Cl)c1. The number of halogens is 1. The van der Waals surface area contributed by atoms with E-state index < -0.39 is 4.92 Å². The number of aromatic nitrogens is 3. The lowest BCUT2D eigenvalue weighted by molar-refractivity contribution is -0.384. The topological polar surface area (TPSA) is 87.0 Å². The van der Waals surface area contributed by atoms with Gasteiger partial charge in [0.2, 0.25) is 5.82 Å². The molecule has 4 aromatic rings. The van der Waals surface area contributed by atoms with Crippen LogP contribution in [-0.4, -0.2) is 19.6 Å². The molecule has 0 aliphatic heterocycles. The third kappa shape index (κ3) is 2.96. The Hall–Kier alpha value is -3.45. The maximum absolute atomic E-state index is 10.8. The highest BCUT2D eigenvalue weighted by molar-refractivity contribution is 6.33. The Bertz CT molecular complexity index is 1070. The van der Waals surface area contributed by atoms with Gasteiger partial charge in [-0.15, -0.1) is 0 Å². The van der Waals surface area contributed by atoms with E-state index in [1.807, 2.05) is 53.4 Å². The third-order valence-corrected chi connectivity index (χ3v) is 4.16. The van der Waals surface area contributed by atoms with Crippen molar-refractivity contribution in [3.05, 3.63) is 82.1 Å². The first-order chi connectivity index (χ1) is 12.6. The van der Waals surface area contributed by atoms with Crippen LogP contribution in [-0.2, 0) is 0 Å². The monoisotopic (exact) mass is 366 g/mol. The lowest BCUT2D eigenvalue weighted by Crippen LogP contribution is -1.90. The van der Waals surface area contributed by atoms with E-state index in [-0.39, 0.29) is 16.6 Å². The minimum Gasteiger partial charge on any atom is -0.334 e. The fourth-order valence-electron chi connectivity index (χ4n) is 2.53. The normalized spacial score (nSPS) is 10.8. The van der Waals surface area contributed by atoms with Crippen molar-refractivity contribution in [2.45, 2.75) is 0 Å². The van der Waals surface area contributed by atoms with E-state index in [2.05, 4.69) is 10.1 Å². The van der Waals surface area contributed by atoms with E-state index in [1.165, 1.54) is 18.2 Å². The summed E-state index contributed by atoms with van der Waals surface area (Å²) < 4.78 is 7.26. The number of benzene rings is 2. The summed E-state index contributed by atoms with van der Waals surface area (Å²) in [6.45, 7) is 0. The van der Waals surface area contributed by atoms with Gasteiger partial charge in [0.1, 0.15) is 0 Å². The van der Waals surface area contributed by atoms with Crippen LogP contribution in [0.15, 0.2) is 71.5 Å². The van der Waals surface area contributed by atoms with Gasteiger partial charge in [-0.1, -0.05) is 16.8 Å². The van der Waals surface area contributed by atoms with Crippen molar-refractivity contribution in [3.8, 4) is 28.5 Å². The molecule has 0 amide bonds. The van der Waals surface area contributed by atoms with Gasteiger partial charge >= 0.3 is 0 Å². The molecule has 0 radical (unpaired) electrons. The van der Waals surface area contributed by atoms with Crippen LogP contribution >= 0.6 is 11.6 Å². The highest BCUT2D eigenvalue weighted by Gasteiger charge is 2.16. The van der Waals surface area contributed by atoms with Crippen molar-refractivity contribution >= 4 is 17.3 Å². The third-order valence-electron chi connectivity index (χ3n) is 3.85. The lowest BCUT2D eigenvalue weighted by Gasteiger charge is -2.02. The molecule has 0 unspecified atom stereocenters. The maximum atomic E-state index is 10.8. The van der Waals surface area contributed by atoms with E-state index in [1.54, 1.807) is 0 Å². The summed E-state index contributed by atoms with van der Waals surface area (Å²) in [4.78, 5) is 14.6. The Morgan fingerprint density at radius 3 is 2.46 bits per heavy atom. The molecule has 0 saturated carbocycles. The first kappa shape index (κ1) is 16.0. The van der Waals surface area contributed by atoms with Gasteiger partial charge in [-0.2, -0.15) is 4.98 Å². The van der Waals surface area contributed by atoms with Gasteiger partial charge in [-0.25, -0.2) is 0 Å². The molecule has 8 heteroatoms. The Kier molecular flexibility index (Phi) is 3.98. The number of nitro benzene ring substituents is 1. The number of rotatable bonds is 4. The zero-order chi connectivity index (χ0) is 18.1. The first-order valence-electron chi connectivity index (χ1n) is 7.63. The molecule has 2 aromatic heterocycles. The molecule has 0 atom stereocenters. The van der Waals surface area contributed by atoms with E-state index >= 15 is 0 Å². The Labute approximate surface area is 152 Å². The smallest absolute Gasteiger partial charge is 0.270 e. The Morgan fingerprint density at radius 1 is 1.08 bits per heavy atom. The zero-order valence-electron chi connectivity index (χ0n) is 13.2. The molecule has 2 aromatic carbocycles. The van der Waals surface area contributed by atoms with Crippen LogP contribution in [0.4, 0.5) is 5.69 Å². The summed E-state index contributed by atoms with van der Waals surface area (Å²) in [5, 5.41) is 14.9. The van der Waals surface area contributed by atoms with Crippen LogP contribution in [0.3, 0.4) is 0 Å². The average molecular weight is 367 g/mol. The second kappa shape index (κ2) is 6.45. The van der Waals surface area contributed by atoms with Crippen LogP contribution in [0.25, 0.3) is 28.5 Å². The molecule has 0 aliphatic rings. The first-order valence-corrected chi connectivity index (χ1v) is 8.01. The number of hydrogen-bond acceptors (Lipinski definition) is 5. The van der Waals surface area contributed by atoms with Crippen LogP contribution in [0.5, 0.6) is 0 Å². The molecule has 0 aliphatic carbocycles. The quantitative estimate of drug-likeness (QED) is 0.384. The van der Waals surface area contributed by atoms with Crippen molar-refractivity contribution in [2.75, 3.05) is 0 Å². The van der Waals surface area contributed by atoms with Crippen LogP contribution < -0.4 is 0 Å². The van der Waals surface area contributed by atoms with Gasteiger partial charge < -0.3 is 9.09 Å². The highest BCUT2D eigenvalue weighted by Crippen LogP contribution is 2.31. The average Bonchev–Trinajstić information content (AvgIpc) is 3.34. The minimum absolute atomic E-state index is 0.0981. The number of nitrogens with zero attached hydrogens (tertiary/aromatic N) is 4. The second-order valence-electron chi connectivity index (χ2n) is 5.48. The minimum atomic E-state index is -0.513. The van der Waals surface area contributed by atoms with Crippen molar-refractivity contribution in [2.24, 2.45) is 0 Å². The number of nitro groups is 1. The summed E-state index contributed by atoms with van der Waals surface area (Å²) >= 11 is 6.11. The maximum Gasteiger partial charge on any atom is 0.270 e. The molecule has 7 nitrogen and oxygen atoms in total. The molecule has 0 fully saturated rings. The number of hydrogen-bond donors (Lipinski definition) is 0. The van der Waals surface area contributed by atoms with Gasteiger partial charge in [0.15, 0.2) is 0 Å². The predicted molar refractivity (Wildman–Crippen MR) is 96.2 cm³/mol. The molecule has 0 bridgehead atoms. The van der Waals surface area contributed by atoms with Crippen molar-refractivity contribution in [1.29, 1.82) is 0 Å². The van der Waals surface area contributed by atoms with Gasteiger partial charge in [0.25, 0.3) is 11.6 Å². The van der Waals surface area contributed by atoms with E-state index in [9.17, 15) is 10.1 Å². The highest BCUT2D eigenvalue weighted by atomic mass is 35.5. The molecule has 128 valence electrons. The molecule has 26 heavy (non-hydrogen) atoms. The van der Waals surface area contributed by atoms with Crippen molar-refractivity contribution < 1.29 is 9.45 Å². The molecule has 4 rings (SSSR count). The Balaban J connectivity index is 1.63. The second-order valence-corrected chi connectivity index (χ2v) is 5.89. The summed E-state index contributed by atoms with van der Waals surface area (Å²) in [6, 6.07) is 15.7. The summed E-state index contributed by atoms with van der Waals surface area (Å²) in [5.74, 6) is 0.614. The van der Waals surface area contributed by atoms with Gasteiger partial charge in [-0.05, 0) is 42.5 Å². The summed E-state index contributed by atoms with van der Waals surface area (Å²) in [5.41, 5.74) is 2.15. The molecular weight excluding hydrogens is 356 g/mol. The zero-order valence-corrected chi connectivity index (χ0v) is 14.0. The van der Waals surface area contributed by atoms with Crippen molar-refractivity contribution in [1.82, 2.24) is 14.7 Å². The fourth-order valence-corrected chi connectivity index (χ4v) is 2.79. The molecule has 2 heterocycles.